The predicted octanol–water partition coefficient (Wildman–Crippen LogP) is 10.4. The summed E-state index contributed by atoms with van der Waals surface area (Å²) in [5.74, 6) is 0.484. The molecular formula is C46H49ClF3N7O2S2. The van der Waals surface area contributed by atoms with Gasteiger partial charge in [-0.25, -0.2) is 18.4 Å². The monoisotopic (exact) mass is 887 g/mol. The maximum absolute atomic E-state index is 14.7. The van der Waals surface area contributed by atoms with E-state index in [1.54, 1.807) is 17.8 Å². The van der Waals surface area contributed by atoms with E-state index in [0.717, 1.165) is 48.9 Å². The van der Waals surface area contributed by atoms with Crippen molar-refractivity contribution >= 4 is 61.5 Å². The summed E-state index contributed by atoms with van der Waals surface area (Å²) < 4.78 is 74.0. The average Bonchev–Trinajstić information content (AvgIpc) is 3.25. The van der Waals surface area contributed by atoms with Crippen molar-refractivity contribution in [1.29, 1.82) is 0 Å². The van der Waals surface area contributed by atoms with Crippen molar-refractivity contribution in [3.05, 3.63) is 138 Å². The van der Waals surface area contributed by atoms with Gasteiger partial charge in [0.15, 0.2) is 5.82 Å². The molecule has 0 amide bonds. The Morgan fingerprint density at radius 1 is 0.869 bits per heavy atom. The van der Waals surface area contributed by atoms with Crippen molar-refractivity contribution < 1.29 is 21.6 Å². The minimum Gasteiger partial charge on any atom is -0.381 e. The van der Waals surface area contributed by atoms with Crippen molar-refractivity contribution in [2.75, 3.05) is 60.5 Å². The molecule has 2 N–H and O–H groups in total. The van der Waals surface area contributed by atoms with Crippen LogP contribution >= 0.6 is 23.4 Å². The molecule has 1 aliphatic heterocycles. The molecule has 1 unspecified atom stereocenters. The lowest BCUT2D eigenvalue weighted by Gasteiger charge is -2.36. The molecule has 1 fully saturated rings. The summed E-state index contributed by atoms with van der Waals surface area (Å²) in [4.78, 5) is 15.9. The molecule has 0 radical (unpaired) electrons. The first-order valence-corrected chi connectivity index (χ1v) is 23.0. The fourth-order valence-corrected chi connectivity index (χ4v) is 9.46. The first kappa shape index (κ1) is 44.2. The Labute approximate surface area is 365 Å². The minimum absolute atomic E-state index is 0.0243. The number of alkyl halides is 3. The van der Waals surface area contributed by atoms with Crippen molar-refractivity contribution in [2.24, 2.45) is 0 Å². The fourth-order valence-electron chi connectivity index (χ4n) is 7.28. The van der Waals surface area contributed by atoms with E-state index in [1.165, 1.54) is 29.6 Å². The Kier molecular flexibility index (Phi) is 14.1. The Morgan fingerprint density at radius 2 is 1.59 bits per heavy atom. The number of rotatable bonds is 16. The van der Waals surface area contributed by atoms with Crippen LogP contribution in [0, 0.1) is 0 Å². The second-order valence-corrected chi connectivity index (χ2v) is 18.7. The molecule has 320 valence electrons. The second-order valence-electron chi connectivity index (χ2n) is 15.5. The van der Waals surface area contributed by atoms with Crippen molar-refractivity contribution in [1.82, 2.24) is 19.8 Å². The van der Waals surface area contributed by atoms with E-state index in [4.69, 9.17) is 11.6 Å². The summed E-state index contributed by atoms with van der Waals surface area (Å²) in [6, 6.07) is 34.5. The highest BCUT2D eigenvalue weighted by molar-refractivity contribution is 7.99. The van der Waals surface area contributed by atoms with Gasteiger partial charge in [0.25, 0.3) is 10.0 Å². The highest BCUT2D eigenvalue weighted by atomic mass is 35.5. The number of nitrogens with one attached hydrogen (secondary N) is 2. The van der Waals surface area contributed by atoms with E-state index in [-0.39, 0.29) is 23.6 Å². The molecule has 0 spiro atoms. The average molecular weight is 889 g/mol. The topological polar surface area (TPSA) is 93.7 Å². The first-order valence-electron chi connectivity index (χ1n) is 20.2. The highest BCUT2D eigenvalue weighted by Gasteiger charge is 2.36. The molecule has 1 aliphatic rings. The minimum atomic E-state index is -4.83. The Bertz CT molecular complexity index is 2520. The molecule has 1 aromatic heterocycles. The molecule has 5 aromatic carbocycles. The van der Waals surface area contributed by atoms with Gasteiger partial charge in [-0.1, -0.05) is 66.2 Å². The predicted molar refractivity (Wildman–Crippen MR) is 243 cm³/mol. The number of hydrogen-bond donors (Lipinski definition) is 2. The summed E-state index contributed by atoms with van der Waals surface area (Å²) in [7, 11) is -2.52. The van der Waals surface area contributed by atoms with Gasteiger partial charge in [0, 0.05) is 83.8 Å². The van der Waals surface area contributed by atoms with E-state index < -0.39 is 26.7 Å². The number of piperazine rings is 1. The molecule has 2 heterocycles. The SMILES string of the molecule is CC(C)N(C)CCC(CSc1ccccc1)Nc1ccc(S(=O)(=O)Nc2ncnc3cc(N4CCN(Cc5ccccc5-c5ccc(Cl)cc5)CC4)ccc23)cc1C(F)(F)F. The summed E-state index contributed by atoms with van der Waals surface area (Å²) >= 11 is 7.69. The van der Waals surface area contributed by atoms with Gasteiger partial charge in [-0.15, -0.1) is 11.8 Å². The van der Waals surface area contributed by atoms with Gasteiger partial charge in [-0.05, 0) is 105 Å². The van der Waals surface area contributed by atoms with Gasteiger partial charge in [0.05, 0.1) is 16.0 Å². The van der Waals surface area contributed by atoms with Crippen LogP contribution in [0.4, 0.5) is 30.4 Å². The lowest BCUT2D eigenvalue weighted by molar-refractivity contribution is -0.137. The van der Waals surface area contributed by atoms with Crippen LogP contribution in [-0.4, -0.2) is 85.8 Å². The molecule has 6 aromatic rings. The number of anilines is 3. The van der Waals surface area contributed by atoms with Crippen LogP contribution in [0.3, 0.4) is 0 Å². The van der Waals surface area contributed by atoms with E-state index in [1.807, 2.05) is 79.8 Å². The summed E-state index contributed by atoms with van der Waals surface area (Å²) in [6.07, 6.45) is -3.00. The summed E-state index contributed by atoms with van der Waals surface area (Å²) in [5, 5.41) is 4.24. The van der Waals surface area contributed by atoms with Crippen molar-refractivity contribution in [3.8, 4) is 11.1 Å². The normalized spacial score (nSPS) is 14.5. The molecular weight excluding hydrogens is 839 g/mol. The largest absolute Gasteiger partial charge is 0.418 e. The second kappa shape index (κ2) is 19.5. The van der Waals surface area contributed by atoms with Crippen LogP contribution in [0.25, 0.3) is 22.0 Å². The van der Waals surface area contributed by atoms with Gasteiger partial charge in [-0.3, -0.25) is 9.62 Å². The number of fused-ring (bicyclic) bond motifs is 1. The summed E-state index contributed by atoms with van der Waals surface area (Å²) in [6.45, 7) is 8.79. The fraction of sp³-hybridized carbons (Fsp3) is 0.304. The lowest BCUT2D eigenvalue weighted by atomic mass is 9.99. The first-order chi connectivity index (χ1) is 29.2. The number of halogens is 4. The van der Waals surface area contributed by atoms with Gasteiger partial charge in [0.2, 0.25) is 0 Å². The van der Waals surface area contributed by atoms with Gasteiger partial charge < -0.3 is 15.1 Å². The highest BCUT2D eigenvalue weighted by Crippen LogP contribution is 2.38. The van der Waals surface area contributed by atoms with E-state index in [2.05, 4.69) is 66.8 Å². The number of hydrogen-bond acceptors (Lipinski definition) is 9. The smallest absolute Gasteiger partial charge is 0.381 e. The van der Waals surface area contributed by atoms with Crippen LogP contribution < -0.4 is 14.9 Å². The molecule has 61 heavy (non-hydrogen) atoms. The third-order valence-electron chi connectivity index (χ3n) is 11.0. The molecule has 0 bridgehead atoms. The number of sulfonamides is 1. The Balaban J connectivity index is 1.04. The zero-order valence-electron chi connectivity index (χ0n) is 34.2. The van der Waals surface area contributed by atoms with Gasteiger partial charge in [0.1, 0.15) is 6.33 Å². The van der Waals surface area contributed by atoms with E-state index >= 15 is 0 Å². The zero-order chi connectivity index (χ0) is 43.1. The Hall–Kier alpha value is -4.86. The Morgan fingerprint density at radius 3 is 2.31 bits per heavy atom. The zero-order valence-corrected chi connectivity index (χ0v) is 36.6. The molecule has 0 aliphatic carbocycles. The summed E-state index contributed by atoms with van der Waals surface area (Å²) in [5.41, 5.74) is 3.72. The number of thioether (sulfide) groups is 1. The maximum Gasteiger partial charge on any atom is 0.418 e. The van der Waals surface area contributed by atoms with Crippen LogP contribution in [0.15, 0.2) is 131 Å². The van der Waals surface area contributed by atoms with E-state index in [9.17, 15) is 21.6 Å². The molecule has 7 rings (SSSR count). The molecule has 0 saturated carbocycles. The van der Waals surface area contributed by atoms with Crippen LogP contribution in [0.1, 0.15) is 31.4 Å². The number of nitrogens with zero attached hydrogens (tertiary/aromatic N) is 5. The number of benzene rings is 5. The van der Waals surface area contributed by atoms with Crippen LogP contribution in [0.5, 0.6) is 0 Å². The van der Waals surface area contributed by atoms with Gasteiger partial charge >= 0.3 is 6.18 Å². The standard InChI is InChI=1S/C46H49ClF3N7O2S2/c1-32(2)55(3)22-21-36(30-60-38-10-5-4-6-11-38)53-43-20-18-39(28-42(43)46(48,49)50)61(58,59)54-45-41-19-17-37(27-44(41)51-31-52-45)57-25-23-56(24-26-57)29-34-9-7-8-12-40(34)33-13-15-35(47)16-14-33/h4-20,27-28,31-32,36,53H,21-26,29-30H2,1-3H3,(H,51,52,54). The molecule has 1 atom stereocenters. The quantitative estimate of drug-likeness (QED) is 0.0922. The van der Waals surface area contributed by atoms with Crippen LogP contribution in [-0.2, 0) is 22.7 Å². The lowest BCUT2D eigenvalue weighted by Crippen LogP contribution is -2.46. The maximum atomic E-state index is 14.7. The number of aromatic nitrogens is 2. The molecule has 1 saturated heterocycles. The van der Waals surface area contributed by atoms with Crippen molar-refractivity contribution in [3.63, 3.8) is 0 Å². The third-order valence-corrected chi connectivity index (χ3v) is 13.8. The van der Waals surface area contributed by atoms with Crippen molar-refractivity contribution in [2.45, 2.75) is 54.9 Å². The molecule has 9 nitrogen and oxygen atoms in total. The third kappa shape index (κ3) is 11.3. The van der Waals surface area contributed by atoms with E-state index in [0.29, 0.717) is 40.7 Å². The molecule has 15 heteroatoms. The van der Waals surface area contributed by atoms with Gasteiger partial charge in [-0.2, -0.15) is 13.2 Å². The van der Waals surface area contributed by atoms with Crippen LogP contribution in [0.2, 0.25) is 5.02 Å².